The number of nitriles is 1. The molecule has 2 aromatic rings. The second kappa shape index (κ2) is 7.28. The van der Waals surface area contributed by atoms with Gasteiger partial charge in [0.25, 0.3) is 5.91 Å². The molecule has 0 unspecified atom stereocenters. The summed E-state index contributed by atoms with van der Waals surface area (Å²) in [5, 5.41) is 13.8. The Balaban J connectivity index is 2.48. The van der Waals surface area contributed by atoms with Gasteiger partial charge in [-0.3, -0.25) is 4.79 Å². The summed E-state index contributed by atoms with van der Waals surface area (Å²) >= 11 is 0. The third kappa shape index (κ3) is 3.26. The molecule has 0 radical (unpaired) electrons. The zero-order valence-electron chi connectivity index (χ0n) is 12.7. The van der Waals surface area contributed by atoms with Crippen molar-refractivity contribution in [2.24, 2.45) is 0 Å². The Morgan fingerprint density at radius 3 is 2.64 bits per heavy atom. The SMILES string of the molecule is CCCNC(=O)C(C#N)=Cc1ccc(OC)c2ccccc12. The summed E-state index contributed by atoms with van der Waals surface area (Å²) in [6, 6.07) is 13.4. The van der Waals surface area contributed by atoms with Crippen molar-refractivity contribution in [1.82, 2.24) is 5.32 Å². The van der Waals surface area contributed by atoms with E-state index in [2.05, 4.69) is 5.32 Å². The topological polar surface area (TPSA) is 62.1 Å². The van der Waals surface area contributed by atoms with Gasteiger partial charge in [-0.25, -0.2) is 0 Å². The molecule has 0 aliphatic rings. The molecule has 2 rings (SSSR count). The first-order valence-corrected chi connectivity index (χ1v) is 7.17. The molecule has 4 heteroatoms. The number of fused-ring (bicyclic) bond motifs is 1. The van der Waals surface area contributed by atoms with E-state index in [4.69, 9.17) is 4.74 Å². The smallest absolute Gasteiger partial charge is 0.261 e. The molecule has 1 amide bonds. The fourth-order valence-electron chi connectivity index (χ4n) is 2.24. The largest absolute Gasteiger partial charge is 0.496 e. The second-order valence-electron chi connectivity index (χ2n) is 4.83. The molecule has 112 valence electrons. The van der Waals surface area contributed by atoms with Crippen molar-refractivity contribution in [2.75, 3.05) is 13.7 Å². The van der Waals surface area contributed by atoms with Gasteiger partial charge in [0.15, 0.2) is 0 Å². The molecular weight excluding hydrogens is 276 g/mol. The molecule has 2 aromatic carbocycles. The number of benzene rings is 2. The molecule has 0 atom stereocenters. The highest BCUT2D eigenvalue weighted by Crippen LogP contribution is 2.29. The number of rotatable bonds is 5. The van der Waals surface area contributed by atoms with Gasteiger partial charge in [-0.05, 0) is 29.5 Å². The summed E-state index contributed by atoms with van der Waals surface area (Å²) in [5.41, 5.74) is 0.920. The van der Waals surface area contributed by atoms with Gasteiger partial charge in [-0.1, -0.05) is 37.3 Å². The Bertz CT molecular complexity index is 757. The van der Waals surface area contributed by atoms with Crippen LogP contribution in [0.15, 0.2) is 42.0 Å². The summed E-state index contributed by atoms with van der Waals surface area (Å²) < 4.78 is 5.35. The fraction of sp³-hybridized carbons (Fsp3) is 0.222. The highest BCUT2D eigenvalue weighted by Gasteiger charge is 2.10. The maximum absolute atomic E-state index is 12.0. The number of hydrogen-bond acceptors (Lipinski definition) is 3. The first kappa shape index (κ1) is 15.6. The zero-order valence-corrected chi connectivity index (χ0v) is 12.7. The molecular formula is C18H18N2O2. The van der Waals surface area contributed by atoms with Crippen molar-refractivity contribution in [2.45, 2.75) is 13.3 Å². The maximum Gasteiger partial charge on any atom is 0.261 e. The Morgan fingerprint density at radius 2 is 2.00 bits per heavy atom. The molecule has 1 N–H and O–H groups in total. The van der Waals surface area contributed by atoms with Crippen LogP contribution < -0.4 is 10.1 Å². The molecule has 22 heavy (non-hydrogen) atoms. The van der Waals surface area contributed by atoms with Crippen LogP contribution in [0.4, 0.5) is 0 Å². The van der Waals surface area contributed by atoms with E-state index in [-0.39, 0.29) is 11.5 Å². The maximum atomic E-state index is 12.0. The summed E-state index contributed by atoms with van der Waals surface area (Å²) in [5.74, 6) is 0.422. The van der Waals surface area contributed by atoms with E-state index in [0.717, 1.165) is 28.5 Å². The standard InChI is InChI=1S/C18H18N2O2/c1-3-10-20-18(21)14(12-19)11-13-8-9-17(22-2)16-7-5-4-6-15(13)16/h4-9,11H,3,10H2,1-2H3,(H,20,21). The molecule has 0 aromatic heterocycles. The van der Waals surface area contributed by atoms with Crippen molar-refractivity contribution in [1.29, 1.82) is 5.26 Å². The normalized spacial score (nSPS) is 11.0. The van der Waals surface area contributed by atoms with E-state index < -0.39 is 0 Å². The highest BCUT2D eigenvalue weighted by atomic mass is 16.5. The lowest BCUT2D eigenvalue weighted by atomic mass is 10.0. The first-order valence-electron chi connectivity index (χ1n) is 7.17. The minimum atomic E-state index is -0.343. The van der Waals surface area contributed by atoms with Gasteiger partial charge in [0.1, 0.15) is 17.4 Å². The fourth-order valence-corrected chi connectivity index (χ4v) is 2.24. The molecule has 0 saturated heterocycles. The highest BCUT2D eigenvalue weighted by molar-refractivity contribution is 6.04. The number of hydrogen-bond donors (Lipinski definition) is 1. The van der Waals surface area contributed by atoms with E-state index in [1.807, 2.05) is 49.4 Å². The number of carbonyl (C=O) groups is 1. The van der Waals surface area contributed by atoms with Crippen LogP contribution in [-0.2, 0) is 4.79 Å². The van der Waals surface area contributed by atoms with Crippen LogP contribution in [0.5, 0.6) is 5.75 Å². The van der Waals surface area contributed by atoms with Gasteiger partial charge >= 0.3 is 0 Å². The van der Waals surface area contributed by atoms with Gasteiger partial charge in [0.05, 0.1) is 7.11 Å². The molecule has 0 heterocycles. The molecule has 0 aliphatic heterocycles. The first-order chi connectivity index (χ1) is 10.7. The van der Waals surface area contributed by atoms with Gasteiger partial charge in [-0.15, -0.1) is 0 Å². The van der Waals surface area contributed by atoms with E-state index in [1.165, 1.54) is 0 Å². The van der Waals surface area contributed by atoms with Crippen LogP contribution in [0.1, 0.15) is 18.9 Å². The number of carbonyl (C=O) groups excluding carboxylic acids is 1. The second-order valence-corrected chi connectivity index (χ2v) is 4.83. The van der Waals surface area contributed by atoms with E-state index in [0.29, 0.717) is 6.54 Å². The van der Waals surface area contributed by atoms with Crippen LogP contribution >= 0.6 is 0 Å². The number of methoxy groups -OCH3 is 1. The van der Waals surface area contributed by atoms with E-state index in [9.17, 15) is 10.1 Å². The number of nitrogens with zero attached hydrogens (tertiary/aromatic N) is 1. The monoisotopic (exact) mass is 294 g/mol. The van der Waals surface area contributed by atoms with Crippen molar-refractivity contribution >= 4 is 22.8 Å². The lowest BCUT2D eigenvalue weighted by Crippen LogP contribution is -2.25. The lowest BCUT2D eigenvalue weighted by molar-refractivity contribution is -0.117. The number of ether oxygens (including phenoxy) is 1. The van der Waals surface area contributed by atoms with Gasteiger partial charge in [-0.2, -0.15) is 5.26 Å². The Labute approximate surface area is 130 Å². The van der Waals surface area contributed by atoms with Crippen molar-refractivity contribution in [3.8, 4) is 11.8 Å². The molecule has 0 bridgehead atoms. The number of nitrogens with one attached hydrogen (secondary N) is 1. The molecule has 0 fully saturated rings. The Morgan fingerprint density at radius 1 is 1.27 bits per heavy atom. The quantitative estimate of drug-likeness (QED) is 0.680. The summed E-state index contributed by atoms with van der Waals surface area (Å²) in [6.45, 7) is 2.52. The summed E-state index contributed by atoms with van der Waals surface area (Å²) in [4.78, 5) is 12.0. The summed E-state index contributed by atoms with van der Waals surface area (Å²) in [7, 11) is 1.62. The van der Waals surface area contributed by atoms with Gasteiger partial charge in [0, 0.05) is 11.9 Å². The third-order valence-electron chi connectivity index (χ3n) is 3.34. The Kier molecular flexibility index (Phi) is 5.16. The van der Waals surface area contributed by atoms with Crippen LogP contribution in [0.3, 0.4) is 0 Å². The van der Waals surface area contributed by atoms with E-state index in [1.54, 1.807) is 13.2 Å². The third-order valence-corrected chi connectivity index (χ3v) is 3.34. The summed E-state index contributed by atoms with van der Waals surface area (Å²) in [6.07, 6.45) is 2.45. The average Bonchev–Trinajstić information content (AvgIpc) is 2.57. The molecule has 0 saturated carbocycles. The van der Waals surface area contributed by atoms with Crippen LogP contribution in [0.2, 0.25) is 0 Å². The van der Waals surface area contributed by atoms with Gasteiger partial charge < -0.3 is 10.1 Å². The minimum Gasteiger partial charge on any atom is -0.496 e. The van der Waals surface area contributed by atoms with Crippen molar-refractivity contribution < 1.29 is 9.53 Å². The zero-order chi connectivity index (χ0) is 15.9. The minimum absolute atomic E-state index is 0.101. The molecule has 4 nitrogen and oxygen atoms in total. The van der Waals surface area contributed by atoms with Gasteiger partial charge in [0.2, 0.25) is 0 Å². The van der Waals surface area contributed by atoms with Crippen molar-refractivity contribution in [3.63, 3.8) is 0 Å². The predicted octanol–water partition coefficient (Wildman–Crippen LogP) is 3.28. The van der Waals surface area contributed by atoms with Crippen molar-refractivity contribution in [3.05, 3.63) is 47.5 Å². The molecule has 0 aliphatic carbocycles. The lowest BCUT2D eigenvalue weighted by Gasteiger charge is -2.08. The van der Waals surface area contributed by atoms with E-state index >= 15 is 0 Å². The number of amides is 1. The predicted molar refractivity (Wildman–Crippen MR) is 87.4 cm³/mol. The van der Waals surface area contributed by atoms with Crippen LogP contribution in [-0.4, -0.2) is 19.6 Å². The molecule has 0 spiro atoms. The Hall–Kier alpha value is -2.80. The van der Waals surface area contributed by atoms with Crippen LogP contribution in [0, 0.1) is 11.3 Å². The van der Waals surface area contributed by atoms with Crippen LogP contribution in [0.25, 0.3) is 16.8 Å². The average molecular weight is 294 g/mol.